The van der Waals surface area contributed by atoms with Gasteiger partial charge in [-0.3, -0.25) is 4.79 Å². The molecule has 2 aliphatic rings. The summed E-state index contributed by atoms with van der Waals surface area (Å²) in [5.74, 6) is -0.237. The maximum atomic E-state index is 13.4. The summed E-state index contributed by atoms with van der Waals surface area (Å²) in [6.07, 6.45) is 77.6. The van der Waals surface area contributed by atoms with Gasteiger partial charge in [0.2, 0.25) is 5.91 Å². The molecule has 0 bridgehead atoms. The lowest BCUT2D eigenvalue weighted by atomic mass is 9.97. The first-order valence-corrected chi connectivity index (χ1v) is 40.0. The molecule has 14 heteroatoms. The maximum Gasteiger partial charge on any atom is 0.220 e. The van der Waals surface area contributed by atoms with Crippen molar-refractivity contribution in [2.75, 3.05) is 19.8 Å². The highest BCUT2D eigenvalue weighted by molar-refractivity contribution is 5.76. The third kappa shape index (κ3) is 49.2. The van der Waals surface area contributed by atoms with Crippen molar-refractivity contribution in [3.63, 3.8) is 0 Å². The summed E-state index contributed by atoms with van der Waals surface area (Å²) >= 11 is 0. The zero-order valence-corrected chi connectivity index (χ0v) is 61.6. The topological polar surface area (TPSA) is 228 Å². The zero-order valence-electron chi connectivity index (χ0n) is 61.6. The van der Waals surface area contributed by atoms with Gasteiger partial charge in [0.15, 0.2) is 12.6 Å². The Kier molecular flexibility index (Phi) is 61.4. The number of aliphatic hydroxyl groups excluding tert-OH is 8. The molecule has 0 aromatic heterocycles. The van der Waals surface area contributed by atoms with Crippen LogP contribution in [0.3, 0.4) is 0 Å². The Morgan fingerprint density at radius 3 is 1.09 bits per heavy atom. The first-order chi connectivity index (χ1) is 47.6. The van der Waals surface area contributed by atoms with Crippen molar-refractivity contribution < 1.29 is 64.6 Å². The van der Waals surface area contributed by atoms with Gasteiger partial charge < -0.3 is 65.1 Å². The Bertz CT molecular complexity index is 2000. The molecule has 2 heterocycles. The van der Waals surface area contributed by atoms with E-state index in [4.69, 9.17) is 18.9 Å². The van der Waals surface area contributed by atoms with Crippen LogP contribution in [0.25, 0.3) is 0 Å². The lowest BCUT2D eigenvalue weighted by Gasteiger charge is -2.46. The molecule has 2 saturated heterocycles. The van der Waals surface area contributed by atoms with E-state index in [0.29, 0.717) is 6.42 Å². The van der Waals surface area contributed by atoms with Crippen LogP contribution >= 0.6 is 0 Å². The van der Waals surface area contributed by atoms with E-state index in [1.165, 1.54) is 218 Å². The average molecular weight is 1370 g/mol. The minimum Gasteiger partial charge on any atom is -0.394 e. The van der Waals surface area contributed by atoms with E-state index in [0.717, 1.165) is 83.5 Å². The smallest absolute Gasteiger partial charge is 0.220 e. The number of amides is 1. The molecule has 14 nitrogen and oxygen atoms in total. The molecular weight excluding hydrogens is 1220 g/mol. The lowest BCUT2D eigenvalue weighted by Crippen LogP contribution is -2.65. The number of allylic oxidation sites excluding steroid dienone is 15. The van der Waals surface area contributed by atoms with Crippen LogP contribution in [-0.4, -0.2) is 140 Å². The van der Waals surface area contributed by atoms with Gasteiger partial charge in [0, 0.05) is 6.42 Å². The summed E-state index contributed by atoms with van der Waals surface area (Å²) in [6.45, 7) is 2.73. The van der Waals surface area contributed by atoms with Crippen LogP contribution in [0.15, 0.2) is 97.2 Å². The van der Waals surface area contributed by atoms with Gasteiger partial charge >= 0.3 is 0 Å². The van der Waals surface area contributed by atoms with Crippen LogP contribution in [0.5, 0.6) is 0 Å². The fourth-order valence-corrected chi connectivity index (χ4v) is 12.7. The number of aliphatic hydroxyl groups is 8. The van der Waals surface area contributed by atoms with Gasteiger partial charge in [0.05, 0.1) is 32.0 Å². The molecule has 2 rings (SSSR count). The minimum atomic E-state index is -1.79. The van der Waals surface area contributed by atoms with Crippen molar-refractivity contribution in [1.82, 2.24) is 5.32 Å². The third-order valence-corrected chi connectivity index (χ3v) is 19.0. The van der Waals surface area contributed by atoms with Gasteiger partial charge in [-0.25, -0.2) is 0 Å². The lowest BCUT2D eigenvalue weighted by molar-refractivity contribution is -0.359. The maximum absolute atomic E-state index is 13.4. The molecule has 0 aromatic carbocycles. The van der Waals surface area contributed by atoms with Crippen molar-refractivity contribution in [3.8, 4) is 0 Å². The van der Waals surface area contributed by atoms with Gasteiger partial charge in [-0.05, 0) is 77.0 Å². The highest BCUT2D eigenvalue weighted by Crippen LogP contribution is 2.30. The number of ether oxygens (including phenoxy) is 4. The molecular formula is C83H147NO13. The van der Waals surface area contributed by atoms with E-state index in [-0.39, 0.29) is 18.9 Å². The summed E-state index contributed by atoms with van der Waals surface area (Å²) in [5.41, 5.74) is 0. The molecule has 97 heavy (non-hydrogen) atoms. The fourth-order valence-electron chi connectivity index (χ4n) is 12.7. The summed E-state index contributed by atoms with van der Waals surface area (Å²) in [5, 5.41) is 87.7. The number of hydrogen-bond donors (Lipinski definition) is 9. The second-order valence-corrected chi connectivity index (χ2v) is 27.8. The molecule has 0 aliphatic carbocycles. The number of carbonyl (C=O) groups excluding carboxylic acids is 1. The fraction of sp³-hybridized carbons (Fsp3) is 0.795. The van der Waals surface area contributed by atoms with Crippen LogP contribution in [0, 0.1) is 0 Å². The van der Waals surface area contributed by atoms with Crippen LogP contribution in [-0.2, 0) is 23.7 Å². The van der Waals surface area contributed by atoms with Crippen molar-refractivity contribution in [1.29, 1.82) is 0 Å². The molecule has 0 spiro atoms. The van der Waals surface area contributed by atoms with Gasteiger partial charge in [0.25, 0.3) is 0 Å². The Balaban J connectivity index is 1.60. The summed E-state index contributed by atoms with van der Waals surface area (Å²) in [4.78, 5) is 13.4. The molecule has 562 valence electrons. The summed E-state index contributed by atoms with van der Waals surface area (Å²) < 4.78 is 22.9. The number of rotatable bonds is 66. The SMILES string of the molecule is CC/C=C\C/C=C\C/C=C\C/C=C\C/C=C\C/C=C\C/C=C\CCCCCCCCCCCCCCCCCCCC(=O)NC(COC1OC(CO)C(OC2OC(CO)C(O)C(O)C2O)C(O)C1O)C(O)/C=C/CCCCCCCCCCCCCCCCCCCCCCCC. The van der Waals surface area contributed by atoms with Gasteiger partial charge in [-0.2, -0.15) is 0 Å². The number of carbonyl (C=O) groups is 1. The standard InChI is InChI=1S/C83H147NO13/c1-3-5-7-9-11-13-15-17-19-21-23-25-27-29-30-31-32-33-34-35-36-37-38-39-40-41-42-43-45-47-49-51-53-55-57-59-61-63-65-67-75(88)84-71(70-94-82-80(93)78(91)81(74(69-86)96-82)97-83-79(92)77(90)76(89)73(68-85)95-83)72(87)66-64-62-60-58-56-54-52-50-48-46-44-28-26-24-22-20-18-16-14-12-10-8-6-4-2/h5,7,11,13,17,19,23,25,29-30,32-33,35-36,64,66,71-74,76-83,85-87,89-93H,3-4,6,8-10,12,14-16,18,20-22,24,26-28,31,34,37-63,65,67-70H2,1-2H3,(H,84,88)/b7-5-,13-11-,19-17-,25-23-,30-29-,33-32-,36-35-,66-64+. The molecule has 1 amide bonds. The molecule has 2 aliphatic heterocycles. The van der Waals surface area contributed by atoms with Crippen LogP contribution in [0.2, 0.25) is 0 Å². The number of nitrogens with one attached hydrogen (secondary N) is 1. The van der Waals surface area contributed by atoms with E-state index in [2.05, 4.69) is 104 Å². The van der Waals surface area contributed by atoms with E-state index in [1.54, 1.807) is 6.08 Å². The Morgan fingerprint density at radius 2 is 0.711 bits per heavy atom. The Hall–Kier alpha value is -3.09. The molecule has 0 aromatic rings. The normalized spacial score (nSPS) is 22.7. The summed E-state index contributed by atoms with van der Waals surface area (Å²) in [6, 6.07) is -0.920. The largest absolute Gasteiger partial charge is 0.394 e. The first kappa shape index (κ1) is 90.0. The second-order valence-electron chi connectivity index (χ2n) is 27.8. The molecule has 12 atom stereocenters. The molecule has 12 unspecified atom stereocenters. The summed E-state index contributed by atoms with van der Waals surface area (Å²) in [7, 11) is 0. The predicted molar refractivity (Wildman–Crippen MR) is 401 cm³/mol. The molecule has 2 fully saturated rings. The third-order valence-electron chi connectivity index (χ3n) is 19.0. The first-order valence-electron chi connectivity index (χ1n) is 40.0. The van der Waals surface area contributed by atoms with Gasteiger partial charge in [-0.1, -0.05) is 342 Å². The molecule has 9 N–H and O–H groups in total. The monoisotopic (exact) mass is 1370 g/mol. The highest BCUT2D eigenvalue weighted by atomic mass is 16.7. The van der Waals surface area contributed by atoms with Crippen molar-refractivity contribution in [2.45, 2.75) is 402 Å². The van der Waals surface area contributed by atoms with E-state index in [9.17, 15) is 45.6 Å². The quantitative estimate of drug-likeness (QED) is 0.0204. The average Bonchev–Trinajstić information content (AvgIpc) is 0.794. The predicted octanol–water partition coefficient (Wildman–Crippen LogP) is 18.1. The van der Waals surface area contributed by atoms with Crippen LogP contribution < -0.4 is 5.32 Å². The number of unbranched alkanes of at least 4 members (excludes halogenated alkanes) is 39. The Morgan fingerprint density at radius 1 is 0.381 bits per heavy atom. The van der Waals surface area contributed by atoms with E-state index in [1.807, 2.05) is 6.08 Å². The molecule has 0 radical (unpaired) electrons. The highest BCUT2D eigenvalue weighted by Gasteiger charge is 2.51. The number of hydrogen-bond acceptors (Lipinski definition) is 13. The van der Waals surface area contributed by atoms with Crippen molar-refractivity contribution >= 4 is 5.91 Å². The van der Waals surface area contributed by atoms with Gasteiger partial charge in [-0.15, -0.1) is 0 Å². The molecule has 0 saturated carbocycles. The van der Waals surface area contributed by atoms with Crippen LogP contribution in [0.1, 0.15) is 328 Å². The second kappa shape index (κ2) is 66.2. The zero-order chi connectivity index (χ0) is 70.1. The van der Waals surface area contributed by atoms with Crippen molar-refractivity contribution in [3.05, 3.63) is 97.2 Å². The van der Waals surface area contributed by atoms with Crippen molar-refractivity contribution in [2.24, 2.45) is 0 Å². The Labute approximate surface area is 592 Å². The van der Waals surface area contributed by atoms with E-state index >= 15 is 0 Å². The van der Waals surface area contributed by atoms with Crippen LogP contribution in [0.4, 0.5) is 0 Å². The van der Waals surface area contributed by atoms with Gasteiger partial charge in [0.1, 0.15) is 48.8 Å². The van der Waals surface area contributed by atoms with E-state index < -0.39 is 86.8 Å². The minimum absolute atomic E-state index is 0.237.